The molecule has 1 aromatic heterocycles. The summed E-state index contributed by atoms with van der Waals surface area (Å²) in [6, 6.07) is 14.1. The lowest BCUT2D eigenvalue weighted by molar-refractivity contribution is 0.0521. The molecule has 3 rings (SSSR count). The third kappa shape index (κ3) is 3.81. The number of benzene rings is 2. The van der Waals surface area contributed by atoms with Crippen LogP contribution in [0.1, 0.15) is 42.6 Å². The van der Waals surface area contributed by atoms with Gasteiger partial charge in [-0.3, -0.25) is 0 Å². The normalized spacial score (nSPS) is 11.4. The molecule has 0 aliphatic rings. The molecule has 0 bridgehead atoms. The molecule has 2 aromatic carbocycles. The number of halogens is 2. The third-order valence-corrected chi connectivity index (χ3v) is 4.97. The lowest BCUT2D eigenvalue weighted by Crippen LogP contribution is -2.22. The zero-order chi connectivity index (χ0) is 19.6. The van der Waals surface area contributed by atoms with Gasteiger partial charge in [-0.25, -0.2) is 14.2 Å². The van der Waals surface area contributed by atoms with Crippen LogP contribution in [0.5, 0.6) is 0 Å². The number of nitrogens with one attached hydrogen (secondary N) is 1. The predicted octanol–water partition coefficient (Wildman–Crippen LogP) is 5.48. The van der Waals surface area contributed by atoms with E-state index in [9.17, 15) is 9.18 Å². The third-order valence-electron chi connectivity index (χ3n) is 4.44. The molecule has 0 spiro atoms. The van der Waals surface area contributed by atoms with Crippen LogP contribution in [0.25, 0.3) is 11.3 Å². The van der Waals surface area contributed by atoms with Crippen LogP contribution in [-0.4, -0.2) is 22.5 Å². The Morgan fingerprint density at radius 2 is 1.85 bits per heavy atom. The van der Waals surface area contributed by atoms with Crippen LogP contribution >= 0.6 is 15.9 Å². The Hall–Kier alpha value is -2.47. The van der Waals surface area contributed by atoms with Crippen LogP contribution in [-0.2, 0) is 10.2 Å². The van der Waals surface area contributed by atoms with Gasteiger partial charge in [-0.1, -0.05) is 46.3 Å². The fourth-order valence-corrected chi connectivity index (χ4v) is 3.20. The van der Waals surface area contributed by atoms with Crippen molar-refractivity contribution in [2.45, 2.75) is 26.2 Å². The van der Waals surface area contributed by atoms with Crippen molar-refractivity contribution < 1.29 is 13.9 Å². The highest BCUT2D eigenvalue weighted by Crippen LogP contribution is 2.34. The summed E-state index contributed by atoms with van der Waals surface area (Å²) in [4.78, 5) is 20.2. The number of carbonyl (C=O) groups is 1. The first-order valence-electron chi connectivity index (χ1n) is 8.63. The van der Waals surface area contributed by atoms with Crippen LogP contribution in [0.15, 0.2) is 53.0 Å². The quantitative estimate of drug-likeness (QED) is 0.545. The molecular weight excluding hydrogens is 411 g/mol. The van der Waals surface area contributed by atoms with Crippen LogP contribution in [0.4, 0.5) is 4.39 Å². The zero-order valence-corrected chi connectivity index (χ0v) is 16.9. The van der Waals surface area contributed by atoms with Gasteiger partial charge < -0.3 is 9.72 Å². The Bertz CT molecular complexity index is 965. The molecule has 0 saturated heterocycles. The number of rotatable bonds is 5. The predicted molar refractivity (Wildman–Crippen MR) is 106 cm³/mol. The Morgan fingerprint density at radius 1 is 1.19 bits per heavy atom. The molecule has 0 aliphatic heterocycles. The number of hydrogen-bond donors (Lipinski definition) is 1. The van der Waals surface area contributed by atoms with Crippen molar-refractivity contribution in [2.24, 2.45) is 0 Å². The summed E-state index contributed by atoms with van der Waals surface area (Å²) >= 11 is 3.40. The maximum absolute atomic E-state index is 14.4. The highest BCUT2D eigenvalue weighted by Gasteiger charge is 2.32. The molecule has 6 heteroatoms. The number of H-pyrrole nitrogens is 1. The minimum Gasteiger partial charge on any atom is -0.461 e. The van der Waals surface area contributed by atoms with Gasteiger partial charge in [0.1, 0.15) is 17.3 Å². The van der Waals surface area contributed by atoms with Gasteiger partial charge in [0, 0.05) is 15.6 Å². The second-order valence-electron chi connectivity index (χ2n) is 6.64. The van der Waals surface area contributed by atoms with Crippen LogP contribution in [0, 0.1) is 5.82 Å². The van der Waals surface area contributed by atoms with Crippen molar-refractivity contribution in [3.8, 4) is 11.3 Å². The largest absolute Gasteiger partial charge is 0.461 e. The number of hydrogen-bond acceptors (Lipinski definition) is 3. The minimum atomic E-state index is -0.764. The molecule has 140 valence electrons. The van der Waals surface area contributed by atoms with Crippen molar-refractivity contribution >= 4 is 21.9 Å². The van der Waals surface area contributed by atoms with Gasteiger partial charge in [0.15, 0.2) is 5.69 Å². The van der Waals surface area contributed by atoms with E-state index in [2.05, 4.69) is 25.9 Å². The average Bonchev–Trinajstić information content (AvgIpc) is 3.09. The van der Waals surface area contributed by atoms with E-state index in [0.29, 0.717) is 17.1 Å². The first-order chi connectivity index (χ1) is 12.8. The van der Waals surface area contributed by atoms with E-state index < -0.39 is 11.4 Å². The molecule has 0 atom stereocenters. The van der Waals surface area contributed by atoms with Crippen molar-refractivity contribution in [3.05, 3.63) is 75.9 Å². The number of carbonyl (C=O) groups excluding carboxylic acids is 1. The van der Waals surface area contributed by atoms with Gasteiger partial charge in [0.05, 0.1) is 12.0 Å². The van der Waals surface area contributed by atoms with E-state index in [1.807, 2.05) is 38.1 Å². The Kier molecular flexibility index (Phi) is 5.46. The fraction of sp³-hybridized carbons (Fsp3) is 0.238. The molecule has 0 unspecified atom stereocenters. The topological polar surface area (TPSA) is 55.0 Å². The number of ether oxygens (including phenoxy) is 1. The Balaban J connectivity index is 2.15. The van der Waals surface area contributed by atoms with E-state index in [1.54, 1.807) is 25.1 Å². The zero-order valence-electron chi connectivity index (χ0n) is 15.3. The first-order valence-corrected chi connectivity index (χ1v) is 9.42. The lowest BCUT2D eigenvalue weighted by Gasteiger charge is -2.23. The van der Waals surface area contributed by atoms with E-state index in [-0.39, 0.29) is 18.1 Å². The standard InChI is InChI=1S/C21H20BrFN2O2/c1-4-27-19(26)18-17(13-9-11-14(22)12-10-13)24-20(25-18)21(2,3)15-7-5-6-8-16(15)23/h5-12H,4H2,1-3H3,(H,24,25). The van der Waals surface area contributed by atoms with Crippen LogP contribution in [0.2, 0.25) is 0 Å². The Labute approximate surface area is 165 Å². The molecule has 0 saturated carbocycles. The SMILES string of the molecule is CCOC(=O)c1[nH]c(C(C)(C)c2ccccc2F)nc1-c1ccc(Br)cc1. The van der Waals surface area contributed by atoms with Crippen LogP contribution in [0.3, 0.4) is 0 Å². The van der Waals surface area contributed by atoms with E-state index in [0.717, 1.165) is 10.0 Å². The summed E-state index contributed by atoms with van der Waals surface area (Å²) in [5.41, 5.74) is 1.25. The molecular formula is C21H20BrFN2O2. The van der Waals surface area contributed by atoms with Gasteiger partial charge in [-0.2, -0.15) is 0 Å². The molecule has 0 radical (unpaired) electrons. The number of aromatic amines is 1. The summed E-state index contributed by atoms with van der Waals surface area (Å²) in [6.07, 6.45) is 0. The van der Waals surface area contributed by atoms with E-state index in [1.165, 1.54) is 6.07 Å². The highest BCUT2D eigenvalue weighted by molar-refractivity contribution is 9.10. The maximum Gasteiger partial charge on any atom is 0.357 e. The molecule has 0 amide bonds. The van der Waals surface area contributed by atoms with Crippen LogP contribution < -0.4 is 0 Å². The van der Waals surface area contributed by atoms with Gasteiger partial charge in [-0.05, 0) is 39.0 Å². The number of esters is 1. The molecule has 1 heterocycles. The van der Waals surface area contributed by atoms with E-state index >= 15 is 0 Å². The van der Waals surface area contributed by atoms with E-state index in [4.69, 9.17) is 4.74 Å². The fourth-order valence-electron chi connectivity index (χ4n) is 2.93. The van der Waals surface area contributed by atoms with Crippen molar-refractivity contribution in [1.29, 1.82) is 0 Å². The first kappa shape index (κ1) is 19.3. The molecule has 27 heavy (non-hydrogen) atoms. The number of imidazole rings is 1. The summed E-state index contributed by atoms with van der Waals surface area (Å²) in [5.74, 6) is -0.311. The van der Waals surface area contributed by atoms with Crippen molar-refractivity contribution in [1.82, 2.24) is 9.97 Å². The average molecular weight is 431 g/mol. The van der Waals surface area contributed by atoms with Gasteiger partial charge >= 0.3 is 5.97 Å². The second kappa shape index (κ2) is 7.64. The smallest absolute Gasteiger partial charge is 0.357 e. The molecule has 0 aliphatic carbocycles. The molecule has 1 N–H and O–H groups in total. The Morgan fingerprint density at radius 3 is 2.48 bits per heavy atom. The van der Waals surface area contributed by atoms with Crippen molar-refractivity contribution in [2.75, 3.05) is 6.61 Å². The number of nitrogens with zero attached hydrogens (tertiary/aromatic N) is 1. The monoisotopic (exact) mass is 430 g/mol. The molecule has 4 nitrogen and oxygen atoms in total. The molecule has 0 fully saturated rings. The van der Waals surface area contributed by atoms with Gasteiger partial charge in [0.25, 0.3) is 0 Å². The lowest BCUT2D eigenvalue weighted by atomic mass is 9.83. The van der Waals surface area contributed by atoms with Gasteiger partial charge in [0.2, 0.25) is 0 Å². The number of aromatic nitrogens is 2. The van der Waals surface area contributed by atoms with Gasteiger partial charge in [-0.15, -0.1) is 0 Å². The molecule has 3 aromatic rings. The minimum absolute atomic E-state index is 0.254. The maximum atomic E-state index is 14.4. The summed E-state index contributed by atoms with van der Waals surface area (Å²) in [7, 11) is 0. The summed E-state index contributed by atoms with van der Waals surface area (Å²) in [5, 5.41) is 0. The van der Waals surface area contributed by atoms with Crippen molar-refractivity contribution in [3.63, 3.8) is 0 Å². The highest BCUT2D eigenvalue weighted by atomic mass is 79.9. The second-order valence-corrected chi connectivity index (χ2v) is 7.56. The summed E-state index contributed by atoms with van der Waals surface area (Å²) < 4.78 is 20.5. The summed E-state index contributed by atoms with van der Waals surface area (Å²) in [6.45, 7) is 5.73.